The van der Waals surface area contributed by atoms with Crippen molar-refractivity contribution in [3.05, 3.63) is 0 Å². The molecule has 4 nitrogen and oxygen atoms in total. The lowest BCUT2D eigenvalue weighted by atomic mass is 9.97. The number of amides is 1. The Morgan fingerprint density at radius 1 is 1.29 bits per heavy atom. The highest BCUT2D eigenvalue weighted by Crippen LogP contribution is 2.26. The van der Waals surface area contributed by atoms with Gasteiger partial charge in [0.05, 0.1) is 0 Å². The van der Waals surface area contributed by atoms with Crippen molar-refractivity contribution in [2.75, 3.05) is 0 Å². The van der Waals surface area contributed by atoms with Crippen LogP contribution >= 0.6 is 0 Å². The molecule has 0 radical (unpaired) electrons. The number of rotatable bonds is 5. The third-order valence-corrected chi connectivity index (χ3v) is 2.31. The van der Waals surface area contributed by atoms with Crippen LogP contribution in [0.1, 0.15) is 33.6 Å². The fourth-order valence-electron chi connectivity index (χ4n) is 1.07. The van der Waals surface area contributed by atoms with Gasteiger partial charge in [-0.15, -0.1) is 0 Å². The molecule has 0 saturated heterocycles. The van der Waals surface area contributed by atoms with Crippen molar-refractivity contribution in [2.24, 2.45) is 5.92 Å². The maximum absolute atomic E-state index is 12.2. The molecule has 0 aliphatic rings. The van der Waals surface area contributed by atoms with Gasteiger partial charge in [-0.1, -0.05) is 0 Å². The van der Waals surface area contributed by atoms with Crippen molar-refractivity contribution in [2.45, 2.75) is 45.3 Å². The Hall–Kier alpha value is -1.27. The normalized spacial score (nSPS) is 14.2. The van der Waals surface area contributed by atoms with Crippen molar-refractivity contribution in [3.8, 4) is 0 Å². The number of nitrogens with one attached hydrogen (secondary N) is 1. The number of hydrogen-bond donors (Lipinski definition) is 2. The van der Waals surface area contributed by atoms with Gasteiger partial charge in [0.25, 0.3) is 0 Å². The van der Waals surface area contributed by atoms with E-state index in [1.807, 2.05) is 0 Å². The third-order valence-electron chi connectivity index (χ3n) is 2.31. The average Bonchev–Trinajstić information content (AvgIpc) is 2.11. The number of aliphatic carboxylic acids is 1. The topological polar surface area (TPSA) is 66.4 Å². The van der Waals surface area contributed by atoms with E-state index < -0.39 is 29.5 Å². The van der Waals surface area contributed by atoms with E-state index in [1.54, 1.807) is 0 Å². The van der Waals surface area contributed by atoms with Gasteiger partial charge in [0.2, 0.25) is 5.91 Å². The van der Waals surface area contributed by atoms with Crippen LogP contribution in [0.25, 0.3) is 0 Å². The highest BCUT2D eigenvalue weighted by Gasteiger charge is 2.42. The number of carbonyl (C=O) groups is 2. The summed E-state index contributed by atoms with van der Waals surface area (Å²) in [5, 5.41) is 10.7. The first kappa shape index (κ1) is 15.7. The molecule has 1 atom stereocenters. The van der Waals surface area contributed by atoms with Crippen LogP contribution < -0.4 is 5.32 Å². The van der Waals surface area contributed by atoms with Crippen molar-refractivity contribution in [1.82, 2.24) is 5.32 Å². The summed E-state index contributed by atoms with van der Waals surface area (Å²) in [7, 11) is 0. The smallest absolute Gasteiger partial charge is 0.400 e. The Kier molecular flexibility index (Phi) is 4.97. The molecule has 0 bridgehead atoms. The lowest BCUT2D eigenvalue weighted by molar-refractivity contribution is -0.179. The predicted molar refractivity (Wildman–Crippen MR) is 54.3 cm³/mol. The second kappa shape index (κ2) is 5.37. The SMILES string of the molecule is CC(C(=O)NC(C)(C)CCC(=O)O)C(F)(F)F. The molecule has 0 aliphatic carbocycles. The maximum atomic E-state index is 12.2. The van der Waals surface area contributed by atoms with Gasteiger partial charge in [0.1, 0.15) is 5.92 Å². The summed E-state index contributed by atoms with van der Waals surface area (Å²) in [6.07, 6.45) is -4.74. The fraction of sp³-hybridized carbons (Fsp3) is 0.800. The molecule has 0 aromatic carbocycles. The molecule has 0 aromatic heterocycles. The van der Waals surface area contributed by atoms with E-state index in [2.05, 4.69) is 5.32 Å². The standard InChI is InChI=1S/C10H16F3NO3/c1-6(10(11,12)13)8(17)14-9(2,3)5-4-7(15)16/h6H,4-5H2,1-3H3,(H,14,17)(H,15,16). The predicted octanol–water partition coefficient (Wildman–Crippen LogP) is 1.94. The van der Waals surface area contributed by atoms with Crippen LogP contribution in [-0.2, 0) is 9.59 Å². The zero-order valence-corrected chi connectivity index (χ0v) is 9.89. The monoisotopic (exact) mass is 255 g/mol. The zero-order valence-electron chi connectivity index (χ0n) is 9.89. The van der Waals surface area contributed by atoms with Gasteiger partial charge >= 0.3 is 12.1 Å². The highest BCUT2D eigenvalue weighted by atomic mass is 19.4. The molecular formula is C10H16F3NO3. The van der Waals surface area contributed by atoms with Crippen LogP contribution in [0.4, 0.5) is 13.2 Å². The Balaban J connectivity index is 4.41. The van der Waals surface area contributed by atoms with Crippen LogP contribution in [0.15, 0.2) is 0 Å². The third kappa shape index (κ3) is 6.13. The Morgan fingerprint density at radius 3 is 2.12 bits per heavy atom. The van der Waals surface area contributed by atoms with Gasteiger partial charge in [-0.25, -0.2) is 0 Å². The minimum atomic E-state index is -4.59. The molecule has 0 rings (SSSR count). The number of hydrogen-bond acceptors (Lipinski definition) is 2. The van der Waals surface area contributed by atoms with Crippen LogP contribution in [0.3, 0.4) is 0 Å². The van der Waals surface area contributed by atoms with Crippen LogP contribution in [0, 0.1) is 5.92 Å². The summed E-state index contributed by atoms with van der Waals surface area (Å²) in [6, 6.07) is 0. The molecule has 1 amide bonds. The summed E-state index contributed by atoms with van der Waals surface area (Å²) in [5.74, 6) is -4.31. The largest absolute Gasteiger partial charge is 0.481 e. The van der Waals surface area contributed by atoms with Gasteiger partial charge in [-0.3, -0.25) is 9.59 Å². The van der Waals surface area contributed by atoms with E-state index in [1.165, 1.54) is 13.8 Å². The van der Waals surface area contributed by atoms with Crippen LogP contribution in [0.2, 0.25) is 0 Å². The second-order valence-corrected chi connectivity index (χ2v) is 4.53. The number of halogens is 3. The second-order valence-electron chi connectivity index (χ2n) is 4.53. The first-order valence-electron chi connectivity index (χ1n) is 5.06. The minimum absolute atomic E-state index is 0.0681. The average molecular weight is 255 g/mol. The number of carbonyl (C=O) groups excluding carboxylic acids is 1. The van der Waals surface area contributed by atoms with E-state index in [9.17, 15) is 22.8 Å². The quantitative estimate of drug-likeness (QED) is 0.789. The van der Waals surface area contributed by atoms with Gasteiger partial charge < -0.3 is 10.4 Å². The summed E-state index contributed by atoms with van der Waals surface area (Å²) < 4.78 is 36.7. The number of carboxylic acids is 1. The van der Waals surface area contributed by atoms with Gasteiger partial charge in [0, 0.05) is 12.0 Å². The Bertz CT molecular complexity index is 300. The van der Waals surface area contributed by atoms with Gasteiger partial charge in [0.15, 0.2) is 0 Å². The first-order valence-corrected chi connectivity index (χ1v) is 5.06. The molecule has 0 spiro atoms. The number of alkyl halides is 3. The molecule has 1 unspecified atom stereocenters. The maximum Gasteiger partial charge on any atom is 0.400 e. The minimum Gasteiger partial charge on any atom is -0.481 e. The van der Waals surface area contributed by atoms with E-state index >= 15 is 0 Å². The molecule has 0 saturated carbocycles. The Labute approximate surface area is 97.2 Å². The summed E-state index contributed by atoms with van der Waals surface area (Å²) in [6.45, 7) is 3.73. The van der Waals surface area contributed by atoms with Gasteiger partial charge in [-0.05, 0) is 27.2 Å². The molecule has 7 heteroatoms. The molecule has 0 aromatic rings. The van der Waals surface area contributed by atoms with Crippen LogP contribution in [0.5, 0.6) is 0 Å². The molecule has 0 heterocycles. The molecule has 100 valence electrons. The lowest BCUT2D eigenvalue weighted by Crippen LogP contribution is -2.48. The van der Waals surface area contributed by atoms with Crippen molar-refractivity contribution in [1.29, 1.82) is 0 Å². The molecule has 2 N–H and O–H groups in total. The summed E-state index contributed by atoms with van der Waals surface area (Å²) in [4.78, 5) is 21.6. The molecule has 17 heavy (non-hydrogen) atoms. The van der Waals surface area contributed by atoms with E-state index in [-0.39, 0.29) is 12.8 Å². The highest BCUT2D eigenvalue weighted by molar-refractivity contribution is 5.79. The van der Waals surface area contributed by atoms with Crippen molar-refractivity contribution in [3.63, 3.8) is 0 Å². The van der Waals surface area contributed by atoms with E-state index in [0.717, 1.165) is 6.92 Å². The van der Waals surface area contributed by atoms with E-state index in [4.69, 9.17) is 5.11 Å². The fourth-order valence-corrected chi connectivity index (χ4v) is 1.07. The van der Waals surface area contributed by atoms with E-state index in [0.29, 0.717) is 0 Å². The Morgan fingerprint density at radius 2 is 1.76 bits per heavy atom. The van der Waals surface area contributed by atoms with Crippen LogP contribution in [-0.4, -0.2) is 28.7 Å². The molecular weight excluding hydrogens is 239 g/mol. The first-order chi connectivity index (χ1) is 7.46. The molecule has 0 fully saturated rings. The lowest BCUT2D eigenvalue weighted by Gasteiger charge is -2.28. The van der Waals surface area contributed by atoms with Gasteiger partial charge in [-0.2, -0.15) is 13.2 Å². The van der Waals surface area contributed by atoms with Crippen molar-refractivity contribution >= 4 is 11.9 Å². The van der Waals surface area contributed by atoms with Crippen molar-refractivity contribution < 1.29 is 27.9 Å². The summed E-state index contributed by atoms with van der Waals surface area (Å²) >= 11 is 0. The summed E-state index contributed by atoms with van der Waals surface area (Å²) in [5.41, 5.74) is -0.977. The zero-order chi connectivity index (χ0) is 13.9. The number of carboxylic acid groups (broad SMARTS) is 1. The molecule has 0 aliphatic heterocycles.